The average molecular weight is 197 g/mol. The van der Waals surface area contributed by atoms with Gasteiger partial charge in [-0.2, -0.15) is 0 Å². The minimum Gasteiger partial charge on any atom is -0.370 e. The smallest absolute Gasteiger partial charge is 0.0781 e. The summed E-state index contributed by atoms with van der Waals surface area (Å²) in [6, 6.07) is 0. The maximum Gasteiger partial charge on any atom is 0.0781 e. The topological polar surface area (TPSA) is 35.2 Å². The van der Waals surface area contributed by atoms with Gasteiger partial charge in [0, 0.05) is 6.54 Å². The first-order valence-electron chi connectivity index (χ1n) is 5.96. The fourth-order valence-electron chi connectivity index (χ4n) is 3.04. The Balaban J connectivity index is 2.01. The lowest BCUT2D eigenvalue weighted by Gasteiger charge is -2.33. The highest BCUT2D eigenvalue weighted by Crippen LogP contribution is 2.47. The van der Waals surface area contributed by atoms with Gasteiger partial charge in [-0.25, -0.2) is 0 Å². The van der Waals surface area contributed by atoms with Gasteiger partial charge < -0.3 is 10.5 Å². The van der Waals surface area contributed by atoms with Crippen LogP contribution in [0.15, 0.2) is 0 Å². The van der Waals surface area contributed by atoms with Gasteiger partial charge in [-0.3, -0.25) is 0 Å². The summed E-state index contributed by atoms with van der Waals surface area (Å²) in [5.41, 5.74) is 6.17. The zero-order chi connectivity index (χ0) is 10.2. The summed E-state index contributed by atoms with van der Waals surface area (Å²) in [6.45, 7) is 5.22. The molecule has 2 unspecified atom stereocenters. The Hall–Kier alpha value is -0.0800. The average Bonchev–Trinajstić information content (AvgIpc) is 2.74. The first kappa shape index (κ1) is 10.4. The van der Waals surface area contributed by atoms with Crippen LogP contribution in [0.5, 0.6) is 0 Å². The van der Waals surface area contributed by atoms with Gasteiger partial charge in [-0.1, -0.05) is 19.8 Å². The van der Waals surface area contributed by atoms with Crippen LogP contribution in [0.1, 0.15) is 52.4 Å². The highest BCUT2D eigenvalue weighted by atomic mass is 16.5. The van der Waals surface area contributed by atoms with Crippen molar-refractivity contribution in [2.24, 2.45) is 11.1 Å². The third-order valence-corrected chi connectivity index (χ3v) is 4.32. The van der Waals surface area contributed by atoms with Crippen LogP contribution < -0.4 is 5.73 Å². The van der Waals surface area contributed by atoms with Crippen molar-refractivity contribution in [3.8, 4) is 0 Å². The van der Waals surface area contributed by atoms with Crippen molar-refractivity contribution in [2.45, 2.75) is 64.1 Å². The highest BCUT2D eigenvalue weighted by Gasteiger charge is 2.45. The molecule has 2 nitrogen and oxygen atoms in total. The summed E-state index contributed by atoms with van der Waals surface area (Å²) in [7, 11) is 0. The summed E-state index contributed by atoms with van der Waals surface area (Å²) >= 11 is 0. The monoisotopic (exact) mass is 197 g/mol. The Morgan fingerprint density at radius 2 is 1.86 bits per heavy atom. The normalized spacial score (nSPS) is 41.8. The molecule has 1 aliphatic heterocycles. The predicted molar refractivity (Wildman–Crippen MR) is 58.1 cm³/mol. The minimum absolute atomic E-state index is 0.0315. The molecule has 2 aliphatic rings. The van der Waals surface area contributed by atoms with Gasteiger partial charge in [-0.15, -0.1) is 0 Å². The van der Waals surface area contributed by atoms with E-state index in [-0.39, 0.29) is 5.60 Å². The van der Waals surface area contributed by atoms with Crippen molar-refractivity contribution in [1.82, 2.24) is 0 Å². The van der Waals surface area contributed by atoms with Gasteiger partial charge in [0.15, 0.2) is 0 Å². The molecule has 0 spiro atoms. The molecule has 0 bridgehead atoms. The minimum atomic E-state index is -0.0315. The summed E-state index contributed by atoms with van der Waals surface area (Å²) in [4.78, 5) is 0. The molecule has 2 heteroatoms. The maximum atomic E-state index is 6.16. The third-order valence-electron chi connectivity index (χ3n) is 4.32. The van der Waals surface area contributed by atoms with Crippen LogP contribution >= 0.6 is 0 Å². The second-order valence-electron chi connectivity index (χ2n) is 5.66. The largest absolute Gasteiger partial charge is 0.370 e. The Bertz CT molecular complexity index is 210. The fraction of sp³-hybridized carbons (Fsp3) is 1.00. The zero-order valence-corrected chi connectivity index (χ0v) is 9.51. The fourth-order valence-corrected chi connectivity index (χ4v) is 3.04. The van der Waals surface area contributed by atoms with Crippen LogP contribution in [-0.2, 0) is 4.74 Å². The molecule has 2 atom stereocenters. The van der Waals surface area contributed by atoms with Crippen LogP contribution in [0.25, 0.3) is 0 Å². The molecule has 0 radical (unpaired) electrons. The predicted octanol–water partition coefficient (Wildman–Crippen LogP) is 2.46. The van der Waals surface area contributed by atoms with Crippen molar-refractivity contribution in [3.05, 3.63) is 0 Å². The molecule has 2 fully saturated rings. The van der Waals surface area contributed by atoms with E-state index in [9.17, 15) is 0 Å². The van der Waals surface area contributed by atoms with Gasteiger partial charge in [0.2, 0.25) is 0 Å². The van der Waals surface area contributed by atoms with Crippen LogP contribution in [0, 0.1) is 5.41 Å². The molecule has 0 aromatic carbocycles. The summed E-state index contributed by atoms with van der Waals surface area (Å²) in [5.74, 6) is 0. The first-order chi connectivity index (χ1) is 6.58. The lowest BCUT2D eigenvalue weighted by Crippen LogP contribution is -2.38. The van der Waals surface area contributed by atoms with E-state index in [1.54, 1.807) is 0 Å². The van der Waals surface area contributed by atoms with E-state index >= 15 is 0 Å². The standard InChI is InChI=1S/C12H23NO/c1-11(6-3-4-7-11)10-5-8-12(2,9-13)14-10/h10H,3-9,13H2,1-2H3. The Kier molecular flexibility index (Phi) is 2.61. The lowest BCUT2D eigenvalue weighted by molar-refractivity contribution is -0.0739. The van der Waals surface area contributed by atoms with Crippen LogP contribution in [0.4, 0.5) is 0 Å². The molecule has 1 saturated carbocycles. The van der Waals surface area contributed by atoms with E-state index in [1.165, 1.54) is 32.1 Å². The van der Waals surface area contributed by atoms with Crippen molar-refractivity contribution in [2.75, 3.05) is 6.54 Å². The molecular weight excluding hydrogens is 174 g/mol. The molecule has 2 rings (SSSR count). The van der Waals surface area contributed by atoms with E-state index in [1.807, 2.05) is 0 Å². The molecule has 1 heterocycles. The Morgan fingerprint density at radius 3 is 2.36 bits per heavy atom. The van der Waals surface area contributed by atoms with Crippen molar-refractivity contribution >= 4 is 0 Å². The van der Waals surface area contributed by atoms with Gasteiger partial charge in [0.1, 0.15) is 0 Å². The second kappa shape index (κ2) is 3.49. The molecule has 1 saturated heterocycles. The number of hydrogen-bond donors (Lipinski definition) is 1. The van der Waals surface area contributed by atoms with E-state index in [4.69, 9.17) is 10.5 Å². The molecule has 14 heavy (non-hydrogen) atoms. The van der Waals surface area contributed by atoms with Gasteiger partial charge >= 0.3 is 0 Å². The third kappa shape index (κ3) is 1.70. The quantitative estimate of drug-likeness (QED) is 0.738. The molecule has 0 aromatic heterocycles. The number of nitrogens with two attached hydrogens (primary N) is 1. The molecule has 82 valence electrons. The molecule has 1 aliphatic carbocycles. The zero-order valence-electron chi connectivity index (χ0n) is 9.51. The van der Waals surface area contributed by atoms with Gasteiger partial charge in [-0.05, 0) is 38.0 Å². The van der Waals surface area contributed by atoms with Crippen molar-refractivity contribution in [1.29, 1.82) is 0 Å². The SMILES string of the molecule is CC1(CN)CCC(C2(C)CCCC2)O1. The summed E-state index contributed by atoms with van der Waals surface area (Å²) in [5, 5.41) is 0. The van der Waals surface area contributed by atoms with Crippen LogP contribution in [0.3, 0.4) is 0 Å². The van der Waals surface area contributed by atoms with E-state index in [2.05, 4.69) is 13.8 Å². The Labute approximate surface area is 87.2 Å². The Morgan fingerprint density at radius 1 is 1.21 bits per heavy atom. The molecule has 2 N–H and O–H groups in total. The van der Waals surface area contributed by atoms with Gasteiger partial charge in [0.25, 0.3) is 0 Å². The summed E-state index contributed by atoms with van der Waals surface area (Å²) < 4.78 is 6.16. The lowest BCUT2D eigenvalue weighted by atomic mass is 9.81. The number of ether oxygens (including phenoxy) is 1. The van der Waals surface area contributed by atoms with Crippen LogP contribution in [0.2, 0.25) is 0 Å². The number of hydrogen-bond acceptors (Lipinski definition) is 2. The van der Waals surface area contributed by atoms with Crippen LogP contribution in [-0.4, -0.2) is 18.2 Å². The van der Waals surface area contributed by atoms with Crippen molar-refractivity contribution < 1.29 is 4.74 Å². The maximum absolute atomic E-state index is 6.16. The van der Waals surface area contributed by atoms with E-state index in [0.717, 1.165) is 6.42 Å². The highest BCUT2D eigenvalue weighted by molar-refractivity contribution is 4.95. The first-order valence-corrected chi connectivity index (χ1v) is 5.96. The second-order valence-corrected chi connectivity index (χ2v) is 5.66. The van der Waals surface area contributed by atoms with Crippen molar-refractivity contribution in [3.63, 3.8) is 0 Å². The van der Waals surface area contributed by atoms with E-state index < -0.39 is 0 Å². The number of rotatable bonds is 2. The molecular formula is C12H23NO. The van der Waals surface area contributed by atoms with E-state index in [0.29, 0.717) is 18.1 Å². The summed E-state index contributed by atoms with van der Waals surface area (Å²) in [6.07, 6.45) is 8.29. The molecule has 0 aromatic rings. The molecule has 0 amide bonds. The van der Waals surface area contributed by atoms with Gasteiger partial charge in [0.05, 0.1) is 11.7 Å².